The summed E-state index contributed by atoms with van der Waals surface area (Å²) in [4.78, 5) is 11.9. The van der Waals surface area contributed by atoms with E-state index in [2.05, 4.69) is 0 Å². The van der Waals surface area contributed by atoms with Crippen molar-refractivity contribution in [3.05, 3.63) is 29.3 Å². The summed E-state index contributed by atoms with van der Waals surface area (Å²) in [6, 6.07) is 5.02. The van der Waals surface area contributed by atoms with Crippen LogP contribution >= 0.6 is 8.18 Å². The van der Waals surface area contributed by atoms with Gasteiger partial charge < -0.3 is 15.0 Å². The van der Waals surface area contributed by atoms with Gasteiger partial charge in [-0.3, -0.25) is 9.36 Å². The largest absolute Gasteiger partial charge is 0.465 e. The molecule has 2 unspecified atom stereocenters. The Hall–Kier alpha value is -1.36. The van der Waals surface area contributed by atoms with Crippen molar-refractivity contribution in [2.75, 3.05) is 19.7 Å². The monoisotopic (exact) mass is 328 g/mol. The van der Waals surface area contributed by atoms with Crippen LogP contribution in [0.1, 0.15) is 25.0 Å². The highest BCUT2D eigenvalue weighted by Gasteiger charge is 2.27. The first-order chi connectivity index (χ1) is 10.4. The fourth-order valence-electron chi connectivity index (χ4n) is 2.08. The van der Waals surface area contributed by atoms with E-state index in [0.717, 1.165) is 11.1 Å². The minimum Gasteiger partial charge on any atom is -0.465 e. The minimum atomic E-state index is -2.65. The summed E-state index contributed by atoms with van der Waals surface area (Å²) in [6.07, 6.45) is 0. The molecule has 0 heterocycles. The van der Waals surface area contributed by atoms with Crippen molar-refractivity contribution in [1.82, 2.24) is 4.67 Å². The van der Waals surface area contributed by atoms with E-state index >= 15 is 0 Å². The van der Waals surface area contributed by atoms with Gasteiger partial charge >= 0.3 is 14.1 Å². The topological polar surface area (TPSA) is 81.9 Å². The van der Waals surface area contributed by atoms with Crippen LogP contribution in [0, 0.1) is 13.8 Å². The van der Waals surface area contributed by atoms with E-state index in [-0.39, 0.29) is 13.2 Å². The molecule has 1 aromatic rings. The molecule has 0 spiro atoms. The molecule has 0 radical (unpaired) electrons. The van der Waals surface area contributed by atoms with E-state index in [1.54, 1.807) is 13.8 Å². The number of nitrogens with two attached hydrogens (primary N) is 1. The molecule has 2 atom stereocenters. The fraction of sp³-hybridized carbons (Fsp3) is 0.533. The molecule has 0 bridgehead atoms. The number of aryl methyl sites for hydroxylation is 2. The summed E-state index contributed by atoms with van der Waals surface area (Å²) in [5, 5.41) is 0. The van der Waals surface area contributed by atoms with Crippen molar-refractivity contribution in [2.24, 2.45) is 5.73 Å². The minimum absolute atomic E-state index is 0.274. The Bertz CT molecular complexity index is 516. The van der Waals surface area contributed by atoms with E-state index in [1.807, 2.05) is 32.0 Å². The van der Waals surface area contributed by atoms with Gasteiger partial charge in [0.2, 0.25) is 0 Å². The maximum atomic E-state index is 12.6. The zero-order valence-corrected chi connectivity index (χ0v) is 14.6. The van der Waals surface area contributed by atoms with Crippen molar-refractivity contribution < 1.29 is 18.6 Å². The molecule has 124 valence electrons. The second-order valence-electron chi connectivity index (χ2n) is 5.00. The summed E-state index contributed by atoms with van der Waals surface area (Å²) < 4.78 is 24.7. The molecule has 1 aromatic carbocycles. The van der Waals surface area contributed by atoms with Crippen LogP contribution in [0.4, 0.5) is 0 Å². The first-order valence-electron chi connectivity index (χ1n) is 7.33. The molecule has 0 aliphatic carbocycles. The highest BCUT2D eigenvalue weighted by atomic mass is 31.1. The Morgan fingerprint density at radius 1 is 1.36 bits per heavy atom. The van der Waals surface area contributed by atoms with Gasteiger partial charge in [-0.05, 0) is 38.8 Å². The molecule has 6 nitrogen and oxygen atoms in total. The van der Waals surface area contributed by atoms with Gasteiger partial charge in [0, 0.05) is 13.1 Å². The summed E-state index contributed by atoms with van der Waals surface area (Å²) in [5.74, 6) is 0.156. The van der Waals surface area contributed by atoms with E-state index in [9.17, 15) is 9.36 Å². The number of carbonyl (C=O) groups is 1. The van der Waals surface area contributed by atoms with Crippen molar-refractivity contribution in [1.29, 1.82) is 0 Å². The number of nitrogens with zero attached hydrogens (tertiary/aromatic N) is 1. The Morgan fingerprint density at radius 2 is 1.95 bits per heavy atom. The first kappa shape index (κ1) is 18.7. The fourth-order valence-corrected chi connectivity index (χ4v) is 3.43. The van der Waals surface area contributed by atoms with Crippen molar-refractivity contribution in [3.8, 4) is 5.75 Å². The third-order valence-corrected chi connectivity index (χ3v) is 4.76. The number of esters is 1. The molecule has 0 fully saturated rings. The lowest BCUT2D eigenvalue weighted by Gasteiger charge is -2.26. The molecule has 2 N–H and O–H groups in total. The average molecular weight is 328 g/mol. The quantitative estimate of drug-likeness (QED) is 0.582. The van der Waals surface area contributed by atoms with Crippen LogP contribution in [0.3, 0.4) is 0 Å². The SMILES string of the molecule is CCOC(=O)C(C)N(CCN)[PH](=O)Oc1c(C)cccc1C. The van der Waals surface area contributed by atoms with Crippen molar-refractivity contribution in [2.45, 2.75) is 33.7 Å². The zero-order valence-electron chi connectivity index (χ0n) is 13.6. The van der Waals surface area contributed by atoms with E-state index in [4.69, 9.17) is 15.0 Å². The molecule has 0 saturated carbocycles. The number of hydrogen-bond acceptors (Lipinski definition) is 5. The van der Waals surface area contributed by atoms with Gasteiger partial charge in [0.05, 0.1) is 6.61 Å². The summed E-state index contributed by atoms with van der Waals surface area (Å²) in [5.41, 5.74) is 7.36. The molecule has 1 rings (SSSR count). The van der Waals surface area contributed by atoms with Gasteiger partial charge in [-0.15, -0.1) is 0 Å². The Kier molecular flexibility index (Phi) is 7.59. The predicted octanol–water partition coefficient (Wildman–Crippen LogP) is 2.28. The highest BCUT2D eigenvalue weighted by Crippen LogP contribution is 2.36. The van der Waals surface area contributed by atoms with Gasteiger partial charge in [0.25, 0.3) is 0 Å². The predicted molar refractivity (Wildman–Crippen MR) is 87.4 cm³/mol. The van der Waals surface area contributed by atoms with Crippen LogP contribution in [0.2, 0.25) is 0 Å². The van der Waals surface area contributed by atoms with Gasteiger partial charge in [0.1, 0.15) is 11.8 Å². The second-order valence-corrected chi connectivity index (χ2v) is 6.31. The van der Waals surface area contributed by atoms with Crippen LogP contribution in [0.5, 0.6) is 5.75 Å². The number of benzene rings is 1. The van der Waals surface area contributed by atoms with E-state index < -0.39 is 20.2 Å². The summed E-state index contributed by atoms with van der Waals surface area (Å²) in [7, 11) is -2.65. The molecule has 0 aliphatic rings. The van der Waals surface area contributed by atoms with Crippen LogP contribution in [0.25, 0.3) is 0 Å². The van der Waals surface area contributed by atoms with Gasteiger partial charge in [0.15, 0.2) is 0 Å². The lowest BCUT2D eigenvalue weighted by atomic mass is 10.1. The maximum absolute atomic E-state index is 12.6. The van der Waals surface area contributed by atoms with Crippen LogP contribution in [0.15, 0.2) is 18.2 Å². The highest BCUT2D eigenvalue weighted by molar-refractivity contribution is 7.36. The van der Waals surface area contributed by atoms with Gasteiger partial charge in [-0.25, -0.2) is 4.67 Å². The zero-order chi connectivity index (χ0) is 16.7. The van der Waals surface area contributed by atoms with Crippen LogP contribution in [-0.2, 0) is 14.1 Å². The van der Waals surface area contributed by atoms with Gasteiger partial charge in [-0.1, -0.05) is 18.2 Å². The number of para-hydroxylation sites is 1. The summed E-state index contributed by atoms with van der Waals surface area (Å²) >= 11 is 0. The average Bonchev–Trinajstić information content (AvgIpc) is 2.48. The smallest absolute Gasteiger partial charge is 0.323 e. The standard InChI is InChI=1S/C15H25N2O4P/c1-5-20-15(18)13(4)17(10-9-16)22(19)21-14-11(2)7-6-8-12(14)3/h6-8,13,22H,5,9-10,16H2,1-4H3. The third kappa shape index (κ3) is 4.83. The molecular formula is C15H25N2O4P. The number of rotatable bonds is 8. The Balaban J connectivity index is 2.92. The van der Waals surface area contributed by atoms with E-state index in [1.165, 1.54) is 4.67 Å². The lowest BCUT2D eigenvalue weighted by Crippen LogP contribution is -2.38. The molecule has 0 aliphatic heterocycles. The molecule has 0 aromatic heterocycles. The normalized spacial score (nSPS) is 13.7. The molecule has 0 saturated heterocycles. The lowest BCUT2D eigenvalue weighted by molar-refractivity contribution is -0.147. The van der Waals surface area contributed by atoms with Crippen LogP contribution in [-0.4, -0.2) is 36.4 Å². The van der Waals surface area contributed by atoms with E-state index in [0.29, 0.717) is 12.3 Å². The maximum Gasteiger partial charge on any atom is 0.323 e. The Labute approximate surface area is 132 Å². The van der Waals surface area contributed by atoms with Gasteiger partial charge in [-0.2, -0.15) is 0 Å². The van der Waals surface area contributed by atoms with Crippen molar-refractivity contribution >= 4 is 14.1 Å². The number of carbonyl (C=O) groups excluding carboxylic acids is 1. The second kappa shape index (κ2) is 8.93. The number of hydrogen-bond donors (Lipinski definition) is 1. The third-order valence-electron chi connectivity index (χ3n) is 3.30. The Morgan fingerprint density at radius 3 is 2.45 bits per heavy atom. The van der Waals surface area contributed by atoms with Crippen molar-refractivity contribution in [3.63, 3.8) is 0 Å². The molecular weight excluding hydrogens is 303 g/mol. The number of ether oxygens (including phenoxy) is 1. The summed E-state index contributed by atoms with van der Waals surface area (Å²) in [6.45, 7) is 7.99. The molecule has 22 heavy (non-hydrogen) atoms. The molecule has 7 heteroatoms. The molecule has 0 amide bonds. The van der Waals surface area contributed by atoms with Crippen LogP contribution < -0.4 is 10.3 Å². The first-order valence-corrected chi connectivity index (χ1v) is 8.60.